The zero-order chi connectivity index (χ0) is 10.6. The van der Waals surface area contributed by atoms with Crippen molar-refractivity contribution in [3.05, 3.63) is 0 Å². The van der Waals surface area contributed by atoms with Crippen LogP contribution >= 0.6 is 0 Å². The predicted octanol–water partition coefficient (Wildman–Crippen LogP) is 4.25. The van der Waals surface area contributed by atoms with Gasteiger partial charge in [0, 0.05) is 0 Å². The summed E-state index contributed by atoms with van der Waals surface area (Å²) in [6.07, 6.45) is 10.3. The van der Waals surface area contributed by atoms with Crippen molar-refractivity contribution < 1.29 is 10.1 Å². The lowest BCUT2D eigenvalue weighted by atomic mass is 10.0. The van der Waals surface area contributed by atoms with Crippen LogP contribution < -0.4 is 0 Å². The van der Waals surface area contributed by atoms with Crippen LogP contribution in [0.5, 0.6) is 0 Å². The van der Waals surface area contributed by atoms with Gasteiger partial charge in [-0.2, -0.15) is 0 Å². The van der Waals surface area contributed by atoms with Gasteiger partial charge in [-0.1, -0.05) is 58.8 Å². The molecule has 2 heteroatoms. The van der Waals surface area contributed by atoms with Crippen LogP contribution in [-0.4, -0.2) is 11.9 Å². The molecule has 0 radical (unpaired) electrons. The molecule has 0 atom stereocenters. The molecule has 86 valence electrons. The molecule has 0 bridgehead atoms. The SMILES string of the molecule is CC(C)CCCCCCCCCOO. The van der Waals surface area contributed by atoms with Crippen LogP contribution in [0.2, 0.25) is 0 Å². The van der Waals surface area contributed by atoms with E-state index in [1.54, 1.807) is 0 Å². The molecule has 2 nitrogen and oxygen atoms in total. The Kier molecular flexibility index (Phi) is 10.9. The molecular formula is C12H26O2. The van der Waals surface area contributed by atoms with Gasteiger partial charge < -0.3 is 0 Å². The van der Waals surface area contributed by atoms with E-state index in [9.17, 15) is 0 Å². The Labute approximate surface area is 88.6 Å². The Hall–Kier alpha value is -0.0800. The summed E-state index contributed by atoms with van der Waals surface area (Å²) in [5, 5.41) is 8.09. The minimum absolute atomic E-state index is 0.493. The summed E-state index contributed by atoms with van der Waals surface area (Å²) in [5.74, 6) is 0.858. The van der Waals surface area contributed by atoms with E-state index in [-0.39, 0.29) is 0 Å². The topological polar surface area (TPSA) is 29.5 Å². The van der Waals surface area contributed by atoms with Crippen molar-refractivity contribution in [1.29, 1.82) is 0 Å². The maximum Gasteiger partial charge on any atom is 0.0819 e. The summed E-state index contributed by atoms with van der Waals surface area (Å²) in [7, 11) is 0. The molecule has 0 fully saturated rings. The van der Waals surface area contributed by atoms with Crippen LogP contribution in [0.3, 0.4) is 0 Å². The minimum atomic E-state index is 0.493. The van der Waals surface area contributed by atoms with Crippen molar-refractivity contribution in [2.75, 3.05) is 6.61 Å². The first-order valence-corrected chi connectivity index (χ1v) is 6.03. The summed E-state index contributed by atoms with van der Waals surface area (Å²) >= 11 is 0. The third-order valence-corrected chi connectivity index (χ3v) is 2.52. The summed E-state index contributed by atoms with van der Waals surface area (Å²) in [6.45, 7) is 5.07. The van der Waals surface area contributed by atoms with E-state index in [4.69, 9.17) is 5.26 Å². The summed E-state index contributed by atoms with van der Waals surface area (Å²) in [6, 6.07) is 0. The first-order valence-electron chi connectivity index (χ1n) is 6.03. The second-order valence-electron chi connectivity index (χ2n) is 4.49. The lowest BCUT2D eigenvalue weighted by Crippen LogP contribution is -1.89. The van der Waals surface area contributed by atoms with Crippen molar-refractivity contribution in [1.82, 2.24) is 0 Å². The van der Waals surface area contributed by atoms with Crippen LogP contribution in [0, 0.1) is 5.92 Å². The maximum absolute atomic E-state index is 8.09. The monoisotopic (exact) mass is 202 g/mol. The number of unbranched alkanes of at least 4 members (excludes halogenated alkanes) is 6. The molecule has 0 saturated carbocycles. The van der Waals surface area contributed by atoms with E-state index in [1.165, 1.54) is 44.9 Å². The molecule has 0 amide bonds. The first-order chi connectivity index (χ1) is 6.77. The minimum Gasteiger partial charge on any atom is -0.252 e. The third kappa shape index (κ3) is 11.9. The fourth-order valence-electron chi connectivity index (χ4n) is 1.60. The van der Waals surface area contributed by atoms with Crippen molar-refractivity contribution >= 4 is 0 Å². The fourth-order valence-corrected chi connectivity index (χ4v) is 1.60. The molecule has 0 unspecified atom stereocenters. The highest BCUT2D eigenvalue weighted by Gasteiger charge is 1.94. The van der Waals surface area contributed by atoms with E-state index in [0.717, 1.165) is 12.3 Å². The van der Waals surface area contributed by atoms with Crippen LogP contribution in [-0.2, 0) is 4.89 Å². The van der Waals surface area contributed by atoms with Crippen molar-refractivity contribution in [3.8, 4) is 0 Å². The maximum atomic E-state index is 8.09. The highest BCUT2D eigenvalue weighted by Crippen LogP contribution is 2.11. The van der Waals surface area contributed by atoms with E-state index in [1.807, 2.05) is 0 Å². The standard InChI is InChI=1S/C12H26O2/c1-12(2)10-8-6-4-3-5-7-9-11-14-13/h12-13H,3-11H2,1-2H3. The normalized spacial score (nSPS) is 11.1. The smallest absolute Gasteiger partial charge is 0.0819 e. The quantitative estimate of drug-likeness (QED) is 0.326. The van der Waals surface area contributed by atoms with Gasteiger partial charge in [0.2, 0.25) is 0 Å². The number of rotatable bonds is 10. The van der Waals surface area contributed by atoms with Crippen molar-refractivity contribution in [3.63, 3.8) is 0 Å². The molecule has 0 aliphatic rings. The second-order valence-corrected chi connectivity index (χ2v) is 4.49. The Morgan fingerprint density at radius 1 is 0.857 bits per heavy atom. The van der Waals surface area contributed by atoms with Gasteiger partial charge >= 0.3 is 0 Å². The van der Waals surface area contributed by atoms with Gasteiger partial charge in [0.05, 0.1) is 6.61 Å². The van der Waals surface area contributed by atoms with Gasteiger partial charge in [0.15, 0.2) is 0 Å². The molecule has 0 rings (SSSR count). The first kappa shape index (κ1) is 13.9. The number of hydrogen-bond donors (Lipinski definition) is 1. The average Bonchev–Trinajstić information content (AvgIpc) is 2.15. The molecule has 0 aromatic rings. The molecule has 1 N–H and O–H groups in total. The molecule has 0 aliphatic carbocycles. The summed E-state index contributed by atoms with van der Waals surface area (Å²) in [5.41, 5.74) is 0. The van der Waals surface area contributed by atoms with Gasteiger partial charge in [0.25, 0.3) is 0 Å². The van der Waals surface area contributed by atoms with Crippen molar-refractivity contribution in [2.45, 2.75) is 65.2 Å². The van der Waals surface area contributed by atoms with Gasteiger partial charge in [-0.3, -0.25) is 5.26 Å². The lowest BCUT2D eigenvalue weighted by Gasteiger charge is -2.04. The Morgan fingerprint density at radius 3 is 1.86 bits per heavy atom. The van der Waals surface area contributed by atoms with Gasteiger partial charge in [0.1, 0.15) is 0 Å². The molecule has 14 heavy (non-hydrogen) atoms. The zero-order valence-electron chi connectivity index (χ0n) is 9.80. The van der Waals surface area contributed by atoms with Gasteiger partial charge in [-0.05, 0) is 12.3 Å². The van der Waals surface area contributed by atoms with Crippen LogP contribution in [0.15, 0.2) is 0 Å². The molecule has 0 aliphatic heterocycles. The van der Waals surface area contributed by atoms with Crippen LogP contribution in [0.4, 0.5) is 0 Å². The molecule has 0 spiro atoms. The van der Waals surface area contributed by atoms with E-state index >= 15 is 0 Å². The lowest BCUT2D eigenvalue weighted by molar-refractivity contribution is -0.242. The second kappa shape index (κ2) is 11.0. The fraction of sp³-hybridized carbons (Fsp3) is 1.00. The molecule has 0 saturated heterocycles. The molecular weight excluding hydrogens is 176 g/mol. The number of hydrogen-bond acceptors (Lipinski definition) is 2. The highest BCUT2D eigenvalue weighted by atomic mass is 17.1. The Balaban J connectivity index is 2.85. The summed E-state index contributed by atoms with van der Waals surface area (Å²) < 4.78 is 0. The van der Waals surface area contributed by atoms with E-state index in [2.05, 4.69) is 18.7 Å². The Morgan fingerprint density at radius 2 is 1.36 bits per heavy atom. The van der Waals surface area contributed by atoms with Crippen molar-refractivity contribution in [2.24, 2.45) is 5.92 Å². The zero-order valence-corrected chi connectivity index (χ0v) is 9.80. The molecule has 0 aromatic heterocycles. The summed E-state index contributed by atoms with van der Waals surface area (Å²) in [4.78, 5) is 4.01. The molecule has 0 heterocycles. The predicted molar refractivity (Wildman–Crippen MR) is 60.4 cm³/mol. The molecule has 0 aromatic carbocycles. The van der Waals surface area contributed by atoms with Crippen LogP contribution in [0.1, 0.15) is 65.2 Å². The van der Waals surface area contributed by atoms with E-state index in [0.29, 0.717) is 6.61 Å². The Bertz CT molecular complexity index is 102. The van der Waals surface area contributed by atoms with E-state index < -0.39 is 0 Å². The van der Waals surface area contributed by atoms with Crippen LogP contribution in [0.25, 0.3) is 0 Å². The highest BCUT2D eigenvalue weighted by molar-refractivity contribution is 4.49. The largest absolute Gasteiger partial charge is 0.252 e. The third-order valence-electron chi connectivity index (χ3n) is 2.52. The average molecular weight is 202 g/mol. The van der Waals surface area contributed by atoms with Gasteiger partial charge in [-0.15, -0.1) is 0 Å². The van der Waals surface area contributed by atoms with Gasteiger partial charge in [-0.25, -0.2) is 4.89 Å².